The van der Waals surface area contributed by atoms with E-state index in [0.29, 0.717) is 23.7 Å². The molecule has 2 aromatic rings. The second kappa shape index (κ2) is 9.49. The van der Waals surface area contributed by atoms with Crippen LogP contribution < -0.4 is 24.3 Å². The summed E-state index contributed by atoms with van der Waals surface area (Å²) in [5.41, 5.74) is -0.215. The van der Waals surface area contributed by atoms with Gasteiger partial charge in [0.15, 0.2) is 23.0 Å². The maximum absolute atomic E-state index is 12.7. The van der Waals surface area contributed by atoms with Crippen molar-refractivity contribution in [3.8, 4) is 29.1 Å². The molecule has 2 aromatic carbocycles. The summed E-state index contributed by atoms with van der Waals surface area (Å²) in [6, 6.07) is 9.22. The average Bonchev–Trinajstić information content (AvgIpc) is 2.77. The minimum Gasteiger partial charge on any atom is -0.493 e. The summed E-state index contributed by atoms with van der Waals surface area (Å²) < 4.78 is 21.5. The van der Waals surface area contributed by atoms with E-state index >= 15 is 0 Å². The molecule has 1 amide bonds. The number of nitrogens with zero attached hydrogens (tertiary/aromatic N) is 2. The number of nitriles is 1. The lowest BCUT2D eigenvalue weighted by Gasteiger charge is -2.19. The van der Waals surface area contributed by atoms with Gasteiger partial charge in [-0.2, -0.15) is 5.26 Å². The topological polar surface area (TPSA) is 133 Å². The van der Waals surface area contributed by atoms with E-state index in [1.165, 1.54) is 25.3 Å². The number of nitro groups is 1. The van der Waals surface area contributed by atoms with E-state index in [1.54, 1.807) is 18.2 Å². The highest BCUT2D eigenvalue weighted by Gasteiger charge is 2.24. The highest BCUT2D eigenvalue weighted by molar-refractivity contribution is 6.10. The Bertz CT molecular complexity index is 1090. The molecule has 1 heterocycles. The van der Waals surface area contributed by atoms with Crippen molar-refractivity contribution in [1.82, 2.24) is 0 Å². The number of fused-ring (bicyclic) bond motifs is 1. The molecule has 0 saturated carbocycles. The maximum atomic E-state index is 12.7. The summed E-state index contributed by atoms with van der Waals surface area (Å²) in [6.45, 7) is 2.77. The van der Waals surface area contributed by atoms with Gasteiger partial charge in [-0.15, -0.1) is 0 Å². The first-order valence-corrected chi connectivity index (χ1v) is 9.28. The third-order valence-electron chi connectivity index (χ3n) is 4.27. The molecule has 0 spiro atoms. The van der Waals surface area contributed by atoms with Crippen LogP contribution in [0.4, 0.5) is 11.4 Å². The highest BCUT2D eigenvalue weighted by Crippen LogP contribution is 2.39. The smallest absolute Gasteiger partial charge is 0.296 e. The van der Waals surface area contributed by atoms with Gasteiger partial charge in [0.05, 0.1) is 24.7 Å². The van der Waals surface area contributed by atoms with Crippen molar-refractivity contribution < 1.29 is 28.7 Å². The molecule has 3 rings (SSSR count). The number of hydrogen-bond acceptors (Lipinski definition) is 8. The van der Waals surface area contributed by atoms with Crippen LogP contribution in [0.2, 0.25) is 0 Å². The molecule has 0 fully saturated rings. The van der Waals surface area contributed by atoms with Crippen molar-refractivity contribution >= 4 is 23.4 Å². The molecule has 0 atom stereocenters. The molecule has 1 aliphatic rings. The van der Waals surface area contributed by atoms with E-state index in [9.17, 15) is 20.2 Å². The van der Waals surface area contributed by atoms with Crippen molar-refractivity contribution in [3.05, 3.63) is 51.6 Å². The van der Waals surface area contributed by atoms with Crippen LogP contribution in [0.25, 0.3) is 6.08 Å². The van der Waals surface area contributed by atoms with Crippen molar-refractivity contribution in [2.24, 2.45) is 0 Å². The summed E-state index contributed by atoms with van der Waals surface area (Å²) >= 11 is 0. The zero-order chi connectivity index (χ0) is 22.4. The molecular formula is C21H19N3O7. The Morgan fingerprint density at radius 1 is 1.26 bits per heavy atom. The molecule has 1 aliphatic heterocycles. The molecule has 0 radical (unpaired) electrons. The predicted molar refractivity (Wildman–Crippen MR) is 110 cm³/mol. The summed E-state index contributed by atoms with van der Waals surface area (Å²) in [5.74, 6) is 0.642. The van der Waals surface area contributed by atoms with Crippen molar-refractivity contribution in [3.63, 3.8) is 0 Å². The number of methoxy groups -OCH3 is 1. The number of benzene rings is 2. The van der Waals surface area contributed by atoms with E-state index in [2.05, 4.69) is 5.32 Å². The number of hydrogen-bond donors (Lipinski definition) is 1. The summed E-state index contributed by atoms with van der Waals surface area (Å²) in [4.78, 5) is 23.5. The van der Waals surface area contributed by atoms with Gasteiger partial charge in [0.25, 0.3) is 11.6 Å². The van der Waals surface area contributed by atoms with Crippen LogP contribution in [0, 0.1) is 21.4 Å². The number of anilines is 1. The number of carbonyl (C=O) groups is 1. The lowest BCUT2D eigenvalue weighted by atomic mass is 10.1. The Morgan fingerprint density at radius 2 is 1.97 bits per heavy atom. The van der Waals surface area contributed by atoms with Crippen LogP contribution in [0.3, 0.4) is 0 Å². The maximum Gasteiger partial charge on any atom is 0.296 e. The predicted octanol–water partition coefficient (Wildman–Crippen LogP) is 3.32. The van der Waals surface area contributed by atoms with E-state index in [4.69, 9.17) is 18.9 Å². The van der Waals surface area contributed by atoms with Crippen LogP contribution in [0.15, 0.2) is 35.9 Å². The third kappa shape index (κ3) is 4.84. The number of rotatable bonds is 7. The van der Waals surface area contributed by atoms with Crippen LogP contribution >= 0.6 is 0 Å². The zero-order valence-electron chi connectivity index (χ0n) is 16.8. The van der Waals surface area contributed by atoms with Gasteiger partial charge < -0.3 is 24.3 Å². The fourth-order valence-corrected chi connectivity index (χ4v) is 2.89. The molecule has 31 heavy (non-hydrogen) atoms. The lowest BCUT2D eigenvalue weighted by Crippen LogP contribution is -2.18. The first-order chi connectivity index (χ1) is 15.0. The summed E-state index contributed by atoms with van der Waals surface area (Å²) in [5, 5.41) is 23.3. The Hall–Kier alpha value is -4.26. The van der Waals surface area contributed by atoms with Crippen LogP contribution in [0.5, 0.6) is 23.0 Å². The molecule has 0 aromatic heterocycles. The normalized spacial score (nSPS) is 12.5. The van der Waals surface area contributed by atoms with Crippen LogP contribution in [-0.4, -0.2) is 37.8 Å². The van der Waals surface area contributed by atoms with Gasteiger partial charge in [-0.05, 0) is 30.7 Å². The quantitative estimate of drug-likeness (QED) is 0.309. The molecule has 0 saturated heterocycles. The standard InChI is InChI=1S/C21H19N3O7/c1-3-29-18-9-13(4-5-17(18)28-2)8-14(12-22)21(25)23-15-10-19-20(31-7-6-30-19)11-16(15)24(26)27/h4-5,8-11H,3,6-7H2,1-2H3,(H,23,25). The van der Waals surface area contributed by atoms with Gasteiger partial charge in [0.2, 0.25) is 0 Å². The Balaban J connectivity index is 1.91. The molecule has 0 unspecified atom stereocenters. The van der Waals surface area contributed by atoms with Crippen LogP contribution in [-0.2, 0) is 4.79 Å². The molecule has 10 heteroatoms. The molecule has 160 valence electrons. The molecule has 0 bridgehead atoms. The first-order valence-electron chi connectivity index (χ1n) is 9.28. The van der Waals surface area contributed by atoms with Gasteiger partial charge >= 0.3 is 0 Å². The van der Waals surface area contributed by atoms with E-state index in [0.717, 1.165) is 0 Å². The van der Waals surface area contributed by atoms with Gasteiger partial charge in [-0.25, -0.2) is 0 Å². The van der Waals surface area contributed by atoms with Crippen LogP contribution in [0.1, 0.15) is 12.5 Å². The van der Waals surface area contributed by atoms with Gasteiger partial charge in [-0.3, -0.25) is 14.9 Å². The van der Waals surface area contributed by atoms with Gasteiger partial charge in [-0.1, -0.05) is 6.07 Å². The third-order valence-corrected chi connectivity index (χ3v) is 4.27. The molecule has 1 N–H and O–H groups in total. The number of nitrogens with one attached hydrogen (secondary N) is 1. The van der Waals surface area contributed by atoms with Crippen molar-refractivity contribution in [2.75, 3.05) is 32.2 Å². The van der Waals surface area contributed by atoms with E-state index < -0.39 is 10.8 Å². The summed E-state index contributed by atoms with van der Waals surface area (Å²) in [7, 11) is 1.50. The number of ether oxygens (including phenoxy) is 4. The fourth-order valence-electron chi connectivity index (χ4n) is 2.89. The number of carbonyl (C=O) groups excluding carboxylic acids is 1. The van der Waals surface area contributed by atoms with Gasteiger partial charge in [0, 0.05) is 6.07 Å². The van der Waals surface area contributed by atoms with Crippen molar-refractivity contribution in [2.45, 2.75) is 6.92 Å². The number of amides is 1. The Kier molecular flexibility index (Phi) is 6.57. The highest BCUT2D eigenvalue weighted by atomic mass is 16.6. The lowest BCUT2D eigenvalue weighted by molar-refractivity contribution is -0.384. The first kappa shape index (κ1) is 21.4. The fraction of sp³-hybridized carbons (Fsp3) is 0.238. The van der Waals surface area contributed by atoms with E-state index in [-0.39, 0.29) is 41.7 Å². The Labute approximate surface area is 177 Å². The minimum absolute atomic E-state index is 0.106. The SMILES string of the molecule is CCOc1cc(C=C(C#N)C(=O)Nc2cc3c(cc2[N+](=O)[O-])OCCO3)ccc1OC. The summed E-state index contributed by atoms with van der Waals surface area (Å²) in [6.07, 6.45) is 1.35. The minimum atomic E-state index is -0.809. The second-order valence-corrected chi connectivity index (χ2v) is 6.24. The van der Waals surface area contributed by atoms with Gasteiger partial charge in [0.1, 0.15) is 30.5 Å². The number of nitro benzene ring substituents is 1. The van der Waals surface area contributed by atoms with E-state index in [1.807, 2.05) is 13.0 Å². The zero-order valence-corrected chi connectivity index (χ0v) is 16.8. The second-order valence-electron chi connectivity index (χ2n) is 6.24. The largest absolute Gasteiger partial charge is 0.493 e. The van der Waals surface area contributed by atoms with Crippen molar-refractivity contribution in [1.29, 1.82) is 5.26 Å². The molecule has 10 nitrogen and oxygen atoms in total. The Morgan fingerprint density at radius 3 is 2.58 bits per heavy atom. The average molecular weight is 425 g/mol. The monoisotopic (exact) mass is 425 g/mol. The molecule has 0 aliphatic carbocycles. The molecular weight excluding hydrogens is 406 g/mol.